The number of piperidine rings is 2. The number of hydrogen-bond acceptors (Lipinski definition) is 12. The molecule has 4 fully saturated rings. The number of carbonyl (C=O) groups is 4. The van der Waals surface area contributed by atoms with Crippen molar-refractivity contribution in [3.63, 3.8) is 0 Å². The number of aromatic nitrogens is 2. The highest BCUT2D eigenvalue weighted by Gasteiger charge is 2.43. The Bertz CT molecular complexity index is 2960. The molecule has 8 heterocycles. The Morgan fingerprint density at radius 1 is 0.570 bits per heavy atom. The minimum absolute atomic E-state index is 0.0102. The number of nitrogens with one attached hydrogen (secondary N) is 6. The van der Waals surface area contributed by atoms with Crippen molar-refractivity contribution in [2.75, 3.05) is 101 Å². The lowest BCUT2D eigenvalue weighted by atomic mass is 9.91. The molecule has 2 aromatic heterocycles. The number of pyridine rings is 2. The predicted molar refractivity (Wildman–Crippen MR) is 332 cm³/mol. The van der Waals surface area contributed by atoms with E-state index in [0.717, 1.165) is 151 Å². The summed E-state index contributed by atoms with van der Waals surface area (Å²) >= 11 is 0. The van der Waals surface area contributed by atoms with Gasteiger partial charge in [0.1, 0.15) is 11.6 Å². The van der Waals surface area contributed by atoms with Crippen molar-refractivity contribution in [2.24, 2.45) is 0 Å². The molecule has 2 aromatic carbocycles. The maximum absolute atomic E-state index is 14.3. The highest BCUT2D eigenvalue weighted by molar-refractivity contribution is 5.98. The van der Waals surface area contributed by atoms with Crippen molar-refractivity contribution < 1.29 is 28.0 Å². The molecule has 0 saturated carbocycles. The Balaban J connectivity index is 0.629. The standard InChI is InChI=1S/C66H92F2N12O6/c1-43-33-77(39-59(83)79-41-65(3,4)61-55(79)29-47(63(85)73-61)27-45-17-21-49(67)22-18-45)53(31-69-43)37-75-25-11-13-51(35-75)71-57(81)15-9-7-8-10-16-58(82)72-52-14-12-26-76(36-52)38-54-32-70-44(2)34-78(54)40-60(84)80-42-66(5,6)62-56(80)30-48(64(86)74-62)28-46-19-23-50(68)24-20-46/h17-24,29-30,43-44,51-54,69-70H,7-16,25-28,31-42H2,1-6H3,(H,71,81)(H,72,82)(H,73,85)(H,74,86)/t43-,44-,51?,52?,53-,54-/m1/s1. The van der Waals surface area contributed by atoms with Gasteiger partial charge in [0.25, 0.3) is 11.1 Å². The number of H-pyrrole nitrogens is 2. The molecule has 6 aliphatic rings. The van der Waals surface area contributed by atoms with Crippen LogP contribution in [-0.4, -0.2) is 181 Å². The van der Waals surface area contributed by atoms with Crippen LogP contribution in [0.15, 0.2) is 70.3 Å². The van der Waals surface area contributed by atoms with Crippen molar-refractivity contribution >= 4 is 35.0 Å². The lowest BCUT2D eigenvalue weighted by molar-refractivity contribution is -0.123. The summed E-state index contributed by atoms with van der Waals surface area (Å²) in [5, 5.41) is 13.9. The number of carbonyl (C=O) groups excluding carboxylic acids is 4. The summed E-state index contributed by atoms with van der Waals surface area (Å²) < 4.78 is 27.3. The van der Waals surface area contributed by atoms with Crippen LogP contribution in [0.2, 0.25) is 0 Å². The number of anilines is 2. The van der Waals surface area contributed by atoms with Crippen molar-refractivity contribution in [1.82, 2.24) is 50.8 Å². The van der Waals surface area contributed by atoms with Crippen molar-refractivity contribution in [3.8, 4) is 0 Å². The monoisotopic (exact) mass is 1190 g/mol. The summed E-state index contributed by atoms with van der Waals surface area (Å²) in [6.45, 7) is 21.7. The minimum Gasteiger partial charge on any atom is -0.352 e. The predicted octanol–water partition coefficient (Wildman–Crippen LogP) is 5.30. The van der Waals surface area contributed by atoms with Crippen LogP contribution in [0.3, 0.4) is 0 Å². The number of fused-ring (bicyclic) bond motifs is 2. The minimum atomic E-state index is -0.440. The number of likely N-dealkylation sites (tertiary alicyclic amines) is 2. The number of nitrogens with zero attached hydrogens (tertiary/aromatic N) is 6. The molecule has 0 aliphatic carbocycles. The van der Waals surface area contributed by atoms with Crippen molar-refractivity contribution in [1.29, 1.82) is 0 Å². The van der Waals surface area contributed by atoms with E-state index in [4.69, 9.17) is 0 Å². The number of aromatic amines is 2. The van der Waals surface area contributed by atoms with Crippen LogP contribution < -0.4 is 42.2 Å². The summed E-state index contributed by atoms with van der Waals surface area (Å²) in [5.41, 5.74) is 4.39. The van der Waals surface area contributed by atoms with E-state index in [2.05, 4.69) is 64.7 Å². The molecule has 18 nitrogen and oxygen atoms in total. The van der Waals surface area contributed by atoms with E-state index in [1.165, 1.54) is 24.3 Å². The Labute approximate surface area is 505 Å². The average Bonchev–Trinajstić information content (AvgIpc) is 2.14. The Hall–Kier alpha value is -6.16. The van der Waals surface area contributed by atoms with Gasteiger partial charge in [0, 0.05) is 161 Å². The van der Waals surface area contributed by atoms with E-state index < -0.39 is 10.8 Å². The van der Waals surface area contributed by atoms with E-state index >= 15 is 0 Å². The smallest absolute Gasteiger partial charge is 0.251 e. The average molecular weight is 1190 g/mol. The lowest BCUT2D eigenvalue weighted by Gasteiger charge is -2.43. The van der Waals surface area contributed by atoms with Gasteiger partial charge in [-0.1, -0.05) is 64.8 Å². The van der Waals surface area contributed by atoms with Crippen LogP contribution in [0, 0.1) is 11.6 Å². The molecule has 0 bridgehead atoms. The largest absolute Gasteiger partial charge is 0.352 e. The first-order valence-electron chi connectivity index (χ1n) is 31.7. The fraction of sp³-hybridized carbons (Fsp3) is 0.606. The van der Waals surface area contributed by atoms with Gasteiger partial charge in [0.2, 0.25) is 23.6 Å². The van der Waals surface area contributed by atoms with Crippen LogP contribution in [0.4, 0.5) is 20.2 Å². The molecule has 2 unspecified atom stereocenters. The Morgan fingerprint density at radius 2 is 0.965 bits per heavy atom. The highest BCUT2D eigenvalue weighted by atomic mass is 19.1. The SMILES string of the molecule is C[C@@H]1CN(CC(=O)N2CC(C)(C)c3[nH]c(=O)c(Cc4ccc(F)cc4)cc32)[C@@H](CN2CCCC(NC(=O)CCCCCCC(=O)NC3CCCN(C[C@H]4CN[C@H](C)CN4CC(=O)N4CC(C)(C)c5[nH]c(=O)c(Cc6ccc(F)cc6)cc54)C3)C2)CN1. The van der Waals surface area contributed by atoms with E-state index in [9.17, 15) is 37.5 Å². The van der Waals surface area contributed by atoms with Gasteiger partial charge in [0.05, 0.1) is 24.5 Å². The fourth-order valence-electron chi connectivity index (χ4n) is 14.2. The van der Waals surface area contributed by atoms with E-state index in [1.54, 1.807) is 24.3 Å². The molecule has 6 N–H and O–H groups in total. The number of benzene rings is 2. The molecule has 4 aromatic rings. The first-order valence-corrected chi connectivity index (χ1v) is 31.7. The van der Waals surface area contributed by atoms with Gasteiger partial charge >= 0.3 is 0 Å². The van der Waals surface area contributed by atoms with Gasteiger partial charge in [-0.2, -0.15) is 0 Å². The summed E-state index contributed by atoms with van der Waals surface area (Å²) in [5.74, 6) is -0.556. The van der Waals surface area contributed by atoms with Gasteiger partial charge in [0.15, 0.2) is 0 Å². The van der Waals surface area contributed by atoms with Gasteiger partial charge in [-0.05, 0) is 113 Å². The summed E-state index contributed by atoms with van der Waals surface area (Å²) in [4.78, 5) is 101. The molecule has 6 atom stereocenters. The maximum Gasteiger partial charge on any atom is 0.251 e. The zero-order valence-corrected chi connectivity index (χ0v) is 51.5. The van der Waals surface area contributed by atoms with Crippen molar-refractivity contribution in [3.05, 3.63) is 127 Å². The van der Waals surface area contributed by atoms with Gasteiger partial charge in [-0.15, -0.1) is 0 Å². The second-order valence-corrected chi connectivity index (χ2v) is 27.1. The summed E-state index contributed by atoms with van der Waals surface area (Å²) in [6.07, 6.45) is 8.64. The highest BCUT2D eigenvalue weighted by Crippen LogP contribution is 2.41. The third kappa shape index (κ3) is 15.7. The van der Waals surface area contributed by atoms with Gasteiger partial charge in [-0.25, -0.2) is 8.78 Å². The number of unbranched alkanes of at least 4 members (excludes halogenated alkanes) is 3. The third-order valence-electron chi connectivity index (χ3n) is 18.8. The Morgan fingerprint density at radius 3 is 1.36 bits per heavy atom. The normalized spacial score (nSPS) is 24.3. The van der Waals surface area contributed by atoms with Crippen molar-refractivity contribution in [2.45, 2.75) is 166 Å². The maximum atomic E-state index is 14.3. The Kier molecular flexibility index (Phi) is 20.1. The molecule has 466 valence electrons. The van der Waals surface area contributed by atoms with E-state index in [-0.39, 0.29) is 95.7 Å². The van der Waals surface area contributed by atoms with E-state index in [0.29, 0.717) is 49.9 Å². The molecule has 4 amide bonds. The molecule has 20 heteroatoms. The third-order valence-corrected chi connectivity index (χ3v) is 18.8. The first-order chi connectivity index (χ1) is 41.1. The fourth-order valence-corrected chi connectivity index (χ4v) is 14.2. The zero-order chi connectivity index (χ0) is 60.9. The number of piperazine rings is 2. The van der Waals surface area contributed by atoms with Crippen LogP contribution in [0.5, 0.6) is 0 Å². The second-order valence-electron chi connectivity index (χ2n) is 27.1. The molecule has 10 rings (SSSR count). The van der Waals surface area contributed by atoms with Gasteiger partial charge < -0.3 is 41.0 Å². The summed E-state index contributed by atoms with van der Waals surface area (Å²) in [6, 6.07) is 16.7. The van der Waals surface area contributed by atoms with E-state index in [1.807, 2.05) is 49.6 Å². The number of rotatable bonds is 21. The van der Waals surface area contributed by atoms with Crippen LogP contribution in [-0.2, 0) is 42.8 Å². The van der Waals surface area contributed by atoms with Gasteiger partial charge in [-0.3, -0.25) is 48.4 Å². The molecular weight excluding hydrogens is 1090 g/mol. The lowest BCUT2D eigenvalue weighted by Crippen LogP contribution is -2.62. The quantitative estimate of drug-likeness (QED) is 0.0590. The topological polar surface area (TPSA) is 202 Å². The first kappa shape index (κ1) is 62.9. The van der Waals surface area contributed by atoms with Crippen LogP contribution in [0.1, 0.15) is 139 Å². The number of halogens is 2. The molecule has 86 heavy (non-hydrogen) atoms. The summed E-state index contributed by atoms with van der Waals surface area (Å²) in [7, 11) is 0. The zero-order valence-electron chi connectivity index (χ0n) is 51.5. The van der Waals surface area contributed by atoms with Crippen LogP contribution >= 0.6 is 0 Å². The molecule has 0 spiro atoms. The molecular formula is C66H92F2N12O6. The molecule has 4 saturated heterocycles. The number of hydrogen-bond donors (Lipinski definition) is 6. The van der Waals surface area contributed by atoms with Crippen LogP contribution in [0.25, 0.3) is 0 Å². The second kappa shape index (κ2) is 27.5. The molecule has 0 radical (unpaired) electrons. The molecule has 6 aliphatic heterocycles. The number of amides is 4.